The summed E-state index contributed by atoms with van der Waals surface area (Å²) >= 11 is 0. The van der Waals surface area contributed by atoms with Gasteiger partial charge >= 0.3 is 0 Å². The molecule has 1 aliphatic rings. The third-order valence-corrected chi connectivity index (χ3v) is 3.78. The second kappa shape index (κ2) is 5.72. The maximum absolute atomic E-state index is 5.56. The van der Waals surface area contributed by atoms with E-state index in [4.69, 9.17) is 4.42 Å². The highest BCUT2D eigenvalue weighted by molar-refractivity contribution is 5.73. The molecule has 4 heteroatoms. The second-order valence-electron chi connectivity index (χ2n) is 5.36. The van der Waals surface area contributed by atoms with Gasteiger partial charge in [-0.05, 0) is 56.1 Å². The number of hydrogen-bond acceptors (Lipinski definition) is 4. The second-order valence-corrected chi connectivity index (χ2v) is 5.36. The molecule has 1 aromatic carbocycles. The molecule has 3 rings (SSSR count). The van der Waals surface area contributed by atoms with Crippen molar-refractivity contribution in [3.05, 3.63) is 29.7 Å². The van der Waals surface area contributed by atoms with Gasteiger partial charge in [0.1, 0.15) is 5.52 Å². The van der Waals surface area contributed by atoms with Crippen LogP contribution in [0.4, 0.5) is 0 Å². The molecule has 0 saturated carbocycles. The number of rotatable bonds is 4. The van der Waals surface area contributed by atoms with Crippen LogP contribution in [0.5, 0.6) is 0 Å². The van der Waals surface area contributed by atoms with Gasteiger partial charge in [-0.15, -0.1) is 0 Å². The summed E-state index contributed by atoms with van der Waals surface area (Å²) in [7, 11) is 0. The summed E-state index contributed by atoms with van der Waals surface area (Å²) in [4.78, 5) is 4.31. The number of aromatic nitrogens is 1. The fourth-order valence-electron chi connectivity index (χ4n) is 2.70. The smallest absolute Gasteiger partial charge is 0.192 e. The van der Waals surface area contributed by atoms with E-state index in [1.165, 1.54) is 18.4 Å². The molecular formula is C15H21N3O. The molecule has 0 bridgehead atoms. The van der Waals surface area contributed by atoms with Crippen LogP contribution >= 0.6 is 0 Å². The van der Waals surface area contributed by atoms with Crippen molar-refractivity contribution >= 4 is 11.1 Å². The van der Waals surface area contributed by atoms with E-state index in [2.05, 4.69) is 27.8 Å². The van der Waals surface area contributed by atoms with Crippen molar-refractivity contribution in [2.75, 3.05) is 19.6 Å². The predicted molar refractivity (Wildman–Crippen MR) is 76.0 cm³/mol. The highest BCUT2D eigenvalue weighted by atomic mass is 16.3. The van der Waals surface area contributed by atoms with E-state index in [0.29, 0.717) is 0 Å². The molecule has 2 N–H and O–H groups in total. The minimum Gasteiger partial charge on any atom is -0.441 e. The number of benzene rings is 1. The van der Waals surface area contributed by atoms with Gasteiger partial charge in [0.15, 0.2) is 11.5 Å². The normalized spacial score (nSPS) is 17.1. The topological polar surface area (TPSA) is 50.1 Å². The van der Waals surface area contributed by atoms with E-state index in [1.54, 1.807) is 0 Å². The first-order valence-electron chi connectivity index (χ1n) is 7.09. The fourth-order valence-corrected chi connectivity index (χ4v) is 2.70. The lowest BCUT2D eigenvalue weighted by Gasteiger charge is -2.22. The van der Waals surface area contributed by atoms with Gasteiger partial charge in [0.05, 0.1) is 0 Å². The Morgan fingerprint density at radius 3 is 3.05 bits per heavy atom. The molecule has 1 saturated heterocycles. The molecule has 1 aliphatic heterocycles. The minimum absolute atomic E-state index is 0.731. The van der Waals surface area contributed by atoms with Crippen LogP contribution in [-0.2, 0) is 6.54 Å². The first-order chi connectivity index (χ1) is 9.31. The van der Waals surface area contributed by atoms with Crippen LogP contribution in [0.3, 0.4) is 0 Å². The Hall–Kier alpha value is -1.39. The summed E-state index contributed by atoms with van der Waals surface area (Å²) < 4.78 is 5.56. The van der Waals surface area contributed by atoms with E-state index in [-0.39, 0.29) is 0 Å². The molecule has 19 heavy (non-hydrogen) atoms. The van der Waals surface area contributed by atoms with Gasteiger partial charge < -0.3 is 15.1 Å². The molecule has 0 amide bonds. The molecule has 0 atom stereocenters. The number of nitrogens with one attached hydrogen (secondary N) is 2. The zero-order valence-corrected chi connectivity index (χ0v) is 11.4. The largest absolute Gasteiger partial charge is 0.441 e. The standard InChI is InChI=1S/C15H21N3O/c1-11-18-14-3-2-13(8-15(14)19-11)10-17-9-12-4-6-16-7-5-12/h2-3,8,12,16-17H,4-7,9-10H2,1H3. The summed E-state index contributed by atoms with van der Waals surface area (Å²) in [6.45, 7) is 6.22. The maximum Gasteiger partial charge on any atom is 0.192 e. The van der Waals surface area contributed by atoms with Gasteiger partial charge in [-0.2, -0.15) is 0 Å². The predicted octanol–water partition coefficient (Wildman–Crippen LogP) is 2.23. The van der Waals surface area contributed by atoms with E-state index in [9.17, 15) is 0 Å². The number of piperidine rings is 1. The Morgan fingerprint density at radius 1 is 1.37 bits per heavy atom. The summed E-state index contributed by atoms with van der Waals surface area (Å²) in [5.41, 5.74) is 3.09. The fraction of sp³-hybridized carbons (Fsp3) is 0.533. The van der Waals surface area contributed by atoms with Crippen LogP contribution in [0.25, 0.3) is 11.1 Å². The highest BCUT2D eigenvalue weighted by Gasteiger charge is 2.12. The molecule has 2 heterocycles. The monoisotopic (exact) mass is 259 g/mol. The van der Waals surface area contributed by atoms with Crippen molar-refractivity contribution in [1.29, 1.82) is 0 Å². The van der Waals surface area contributed by atoms with Crippen LogP contribution in [0, 0.1) is 12.8 Å². The highest BCUT2D eigenvalue weighted by Crippen LogP contribution is 2.17. The number of hydrogen-bond donors (Lipinski definition) is 2. The van der Waals surface area contributed by atoms with Gasteiger partial charge in [-0.1, -0.05) is 6.07 Å². The zero-order valence-electron chi connectivity index (χ0n) is 11.4. The third kappa shape index (κ3) is 3.14. The van der Waals surface area contributed by atoms with Crippen LogP contribution in [-0.4, -0.2) is 24.6 Å². The quantitative estimate of drug-likeness (QED) is 0.884. The molecule has 0 radical (unpaired) electrons. The average Bonchev–Trinajstić information content (AvgIpc) is 2.79. The van der Waals surface area contributed by atoms with E-state index in [0.717, 1.165) is 49.1 Å². The maximum atomic E-state index is 5.56. The first kappa shape index (κ1) is 12.6. The Labute approximate surface area is 113 Å². The van der Waals surface area contributed by atoms with Crippen molar-refractivity contribution in [1.82, 2.24) is 15.6 Å². The minimum atomic E-state index is 0.731. The van der Waals surface area contributed by atoms with Crippen LogP contribution < -0.4 is 10.6 Å². The van der Waals surface area contributed by atoms with Crippen molar-refractivity contribution in [2.24, 2.45) is 5.92 Å². The molecule has 0 spiro atoms. The Kier molecular flexibility index (Phi) is 3.80. The molecule has 0 unspecified atom stereocenters. The molecule has 102 valence electrons. The molecule has 2 aromatic rings. The van der Waals surface area contributed by atoms with Gasteiger partial charge in [0, 0.05) is 13.5 Å². The third-order valence-electron chi connectivity index (χ3n) is 3.78. The summed E-state index contributed by atoms with van der Waals surface area (Å²) in [6, 6.07) is 6.25. The van der Waals surface area contributed by atoms with E-state index >= 15 is 0 Å². The lowest BCUT2D eigenvalue weighted by atomic mass is 9.98. The van der Waals surface area contributed by atoms with Crippen LogP contribution in [0.2, 0.25) is 0 Å². The van der Waals surface area contributed by atoms with Gasteiger partial charge in [0.2, 0.25) is 0 Å². The summed E-state index contributed by atoms with van der Waals surface area (Å²) in [5.74, 6) is 1.55. The van der Waals surface area contributed by atoms with Gasteiger partial charge in [0.25, 0.3) is 0 Å². The van der Waals surface area contributed by atoms with Gasteiger partial charge in [-0.3, -0.25) is 0 Å². The molecule has 1 fully saturated rings. The first-order valence-corrected chi connectivity index (χ1v) is 7.09. The van der Waals surface area contributed by atoms with Crippen molar-refractivity contribution in [3.63, 3.8) is 0 Å². The van der Waals surface area contributed by atoms with Crippen LogP contribution in [0.15, 0.2) is 22.6 Å². The summed E-state index contributed by atoms with van der Waals surface area (Å²) in [6.07, 6.45) is 2.57. The summed E-state index contributed by atoms with van der Waals surface area (Å²) in [5, 5.41) is 6.95. The Balaban J connectivity index is 1.55. The van der Waals surface area contributed by atoms with Gasteiger partial charge in [-0.25, -0.2) is 4.98 Å². The number of fused-ring (bicyclic) bond motifs is 1. The zero-order chi connectivity index (χ0) is 13.1. The lowest BCUT2D eigenvalue weighted by molar-refractivity contribution is 0.356. The van der Waals surface area contributed by atoms with E-state index < -0.39 is 0 Å². The van der Waals surface area contributed by atoms with Crippen molar-refractivity contribution in [2.45, 2.75) is 26.3 Å². The number of nitrogens with zero attached hydrogens (tertiary/aromatic N) is 1. The molecule has 1 aromatic heterocycles. The lowest BCUT2D eigenvalue weighted by Crippen LogP contribution is -2.33. The Morgan fingerprint density at radius 2 is 2.21 bits per heavy atom. The Bertz CT molecular complexity index is 543. The van der Waals surface area contributed by atoms with Crippen molar-refractivity contribution < 1.29 is 4.42 Å². The molecular weight excluding hydrogens is 238 g/mol. The number of aryl methyl sites for hydroxylation is 1. The SMILES string of the molecule is Cc1nc2ccc(CNCC3CCNCC3)cc2o1. The molecule has 4 nitrogen and oxygen atoms in total. The number of oxazole rings is 1. The van der Waals surface area contributed by atoms with E-state index in [1.807, 2.05) is 13.0 Å². The van der Waals surface area contributed by atoms with Crippen molar-refractivity contribution in [3.8, 4) is 0 Å². The van der Waals surface area contributed by atoms with Crippen LogP contribution in [0.1, 0.15) is 24.3 Å². The molecule has 0 aliphatic carbocycles. The average molecular weight is 259 g/mol.